The molecule has 0 aliphatic rings. The molecule has 0 unspecified atom stereocenters. The zero-order chi connectivity index (χ0) is 18.1. The molecular formula is C14H14FN5O2S3. The average molecular weight is 399 g/mol. The summed E-state index contributed by atoms with van der Waals surface area (Å²) in [6, 6.07) is 5.61. The normalized spacial score (nSPS) is 9.96. The molecule has 0 aliphatic heterocycles. The maximum absolute atomic E-state index is 12.8. The number of carbonyl (C=O) groups excluding carboxylic acids is 2. The minimum atomic E-state index is -0.353. The molecule has 1 aromatic heterocycles. The van der Waals surface area contributed by atoms with Gasteiger partial charge in [-0.1, -0.05) is 0 Å². The smallest absolute Gasteiger partial charge is 0.248 e. The summed E-state index contributed by atoms with van der Waals surface area (Å²) in [5, 5.41) is 7.84. The van der Waals surface area contributed by atoms with Gasteiger partial charge in [0.1, 0.15) is 5.82 Å². The minimum Gasteiger partial charge on any atom is -0.331 e. The number of amides is 2. The van der Waals surface area contributed by atoms with Crippen LogP contribution in [0.4, 0.5) is 15.2 Å². The molecule has 132 valence electrons. The zero-order valence-electron chi connectivity index (χ0n) is 12.7. The molecule has 2 amide bonds. The molecule has 2 rings (SSSR count). The van der Waals surface area contributed by atoms with Gasteiger partial charge in [-0.05, 0) is 36.5 Å². The first-order chi connectivity index (χ1) is 12.0. The number of benzene rings is 1. The maximum Gasteiger partial charge on any atom is 0.248 e. The standard InChI is InChI=1S/C14H14FN5O2S3/c15-9-1-3-10(4-2-9)17-13(23)20-19-12(22)8-24-7-11(21)18-14-16-5-6-25-14/h1-6H,7-8H2,(H,19,22)(H,16,18,21)(H2,17,20,23). The van der Waals surface area contributed by atoms with E-state index in [2.05, 4.69) is 26.5 Å². The van der Waals surface area contributed by atoms with Gasteiger partial charge in [0.25, 0.3) is 0 Å². The lowest BCUT2D eigenvalue weighted by Crippen LogP contribution is -2.44. The number of hydrogen-bond donors (Lipinski definition) is 4. The average Bonchev–Trinajstić information content (AvgIpc) is 3.08. The Hall–Kier alpha value is -2.24. The molecule has 0 spiro atoms. The minimum absolute atomic E-state index is 0.0808. The highest BCUT2D eigenvalue weighted by Gasteiger charge is 2.07. The summed E-state index contributed by atoms with van der Waals surface area (Å²) in [6.45, 7) is 0. The van der Waals surface area contributed by atoms with Crippen LogP contribution >= 0.6 is 35.3 Å². The van der Waals surface area contributed by atoms with E-state index in [1.54, 1.807) is 11.6 Å². The molecule has 7 nitrogen and oxygen atoms in total. The summed E-state index contributed by atoms with van der Waals surface area (Å²) >= 11 is 7.47. The first-order valence-corrected chi connectivity index (χ1v) is 9.35. The predicted molar refractivity (Wildman–Crippen MR) is 102 cm³/mol. The summed E-state index contributed by atoms with van der Waals surface area (Å²) < 4.78 is 12.8. The van der Waals surface area contributed by atoms with Crippen molar-refractivity contribution in [1.29, 1.82) is 0 Å². The Morgan fingerprint density at radius 1 is 1.12 bits per heavy atom. The number of anilines is 2. The van der Waals surface area contributed by atoms with E-state index >= 15 is 0 Å². The third kappa shape index (κ3) is 7.45. The Morgan fingerprint density at radius 2 is 1.84 bits per heavy atom. The van der Waals surface area contributed by atoms with Crippen LogP contribution in [0.15, 0.2) is 35.8 Å². The van der Waals surface area contributed by atoms with E-state index < -0.39 is 0 Å². The topological polar surface area (TPSA) is 95.2 Å². The van der Waals surface area contributed by atoms with Gasteiger partial charge in [0.15, 0.2) is 10.2 Å². The SMILES string of the molecule is O=C(CSCC(=O)Nc1nccs1)NNC(=S)Nc1ccc(F)cc1. The number of rotatable bonds is 6. The number of aromatic nitrogens is 1. The Labute approximate surface area is 156 Å². The molecule has 2 aromatic rings. The fourth-order valence-electron chi connectivity index (χ4n) is 1.54. The fraction of sp³-hybridized carbons (Fsp3) is 0.143. The number of hydrogen-bond acceptors (Lipinski definition) is 6. The lowest BCUT2D eigenvalue weighted by Gasteiger charge is -2.11. The predicted octanol–water partition coefficient (Wildman–Crippen LogP) is 1.97. The fourth-order valence-corrected chi connectivity index (χ4v) is 2.87. The third-order valence-electron chi connectivity index (χ3n) is 2.56. The van der Waals surface area contributed by atoms with E-state index in [1.165, 1.54) is 35.6 Å². The van der Waals surface area contributed by atoms with Crippen LogP contribution in [-0.2, 0) is 9.59 Å². The van der Waals surface area contributed by atoms with Gasteiger partial charge in [0.2, 0.25) is 11.8 Å². The second kappa shape index (κ2) is 9.91. The van der Waals surface area contributed by atoms with Gasteiger partial charge >= 0.3 is 0 Å². The van der Waals surface area contributed by atoms with E-state index in [1.807, 2.05) is 0 Å². The summed E-state index contributed by atoms with van der Waals surface area (Å²) in [7, 11) is 0. The van der Waals surface area contributed by atoms with Crippen molar-refractivity contribution in [3.8, 4) is 0 Å². The maximum atomic E-state index is 12.8. The van der Waals surface area contributed by atoms with E-state index in [0.29, 0.717) is 10.8 Å². The summed E-state index contributed by atoms with van der Waals surface area (Å²) in [5.74, 6) is -0.707. The highest BCUT2D eigenvalue weighted by Crippen LogP contribution is 2.11. The van der Waals surface area contributed by atoms with Crippen molar-refractivity contribution in [2.24, 2.45) is 0 Å². The van der Waals surface area contributed by atoms with Crippen molar-refractivity contribution in [2.75, 3.05) is 22.1 Å². The number of thioether (sulfide) groups is 1. The Balaban J connectivity index is 1.59. The van der Waals surface area contributed by atoms with Crippen molar-refractivity contribution in [3.63, 3.8) is 0 Å². The van der Waals surface area contributed by atoms with Crippen molar-refractivity contribution in [1.82, 2.24) is 15.8 Å². The zero-order valence-corrected chi connectivity index (χ0v) is 15.2. The lowest BCUT2D eigenvalue weighted by molar-refractivity contribution is -0.119. The van der Waals surface area contributed by atoms with E-state index in [-0.39, 0.29) is 34.2 Å². The highest BCUT2D eigenvalue weighted by atomic mass is 32.2. The first kappa shape index (κ1) is 19.1. The van der Waals surface area contributed by atoms with Gasteiger partial charge in [-0.25, -0.2) is 9.37 Å². The van der Waals surface area contributed by atoms with Gasteiger partial charge in [0.05, 0.1) is 11.5 Å². The molecule has 0 fully saturated rings. The first-order valence-electron chi connectivity index (χ1n) is 6.91. The van der Waals surface area contributed by atoms with Crippen LogP contribution in [0.5, 0.6) is 0 Å². The van der Waals surface area contributed by atoms with Crippen LogP contribution in [0.1, 0.15) is 0 Å². The second-order valence-corrected chi connectivity index (χ2v) is 6.80. The summed E-state index contributed by atoms with van der Waals surface area (Å²) in [6.07, 6.45) is 1.59. The molecule has 0 aliphatic carbocycles. The lowest BCUT2D eigenvalue weighted by atomic mass is 10.3. The molecule has 0 bridgehead atoms. The molecule has 0 saturated heterocycles. The number of halogens is 1. The molecule has 4 N–H and O–H groups in total. The largest absolute Gasteiger partial charge is 0.331 e. The number of thiazole rings is 1. The molecule has 1 heterocycles. The van der Waals surface area contributed by atoms with Crippen LogP contribution in [0.3, 0.4) is 0 Å². The van der Waals surface area contributed by atoms with Crippen LogP contribution in [0.2, 0.25) is 0 Å². The molecular weight excluding hydrogens is 385 g/mol. The molecule has 25 heavy (non-hydrogen) atoms. The highest BCUT2D eigenvalue weighted by molar-refractivity contribution is 8.00. The van der Waals surface area contributed by atoms with Gasteiger partial charge in [-0.2, -0.15) is 0 Å². The Morgan fingerprint density at radius 3 is 2.52 bits per heavy atom. The van der Waals surface area contributed by atoms with Crippen LogP contribution in [0, 0.1) is 5.82 Å². The summed E-state index contributed by atoms with van der Waals surface area (Å²) in [4.78, 5) is 27.2. The van der Waals surface area contributed by atoms with Gasteiger partial charge in [-0.15, -0.1) is 23.1 Å². The second-order valence-electron chi connectivity index (χ2n) is 4.51. The number of hydrazine groups is 1. The molecule has 0 radical (unpaired) electrons. The molecule has 11 heteroatoms. The van der Waals surface area contributed by atoms with Gasteiger partial charge in [-0.3, -0.25) is 20.4 Å². The van der Waals surface area contributed by atoms with Crippen molar-refractivity contribution in [3.05, 3.63) is 41.7 Å². The Kier molecular flexibility index (Phi) is 7.57. The van der Waals surface area contributed by atoms with Crippen molar-refractivity contribution in [2.45, 2.75) is 0 Å². The van der Waals surface area contributed by atoms with Crippen LogP contribution < -0.4 is 21.5 Å². The van der Waals surface area contributed by atoms with E-state index in [9.17, 15) is 14.0 Å². The quantitative estimate of drug-likeness (QED) is 0.436. The van der Waals surface area contributed by atoms with Gasteiger partial charge in [0, 0.05) is 17.3 Å². The van der Waals surface area contributed by atoms with Crippen molar-refractivity contribution < 1.29 is 14.0 Å². The Bertz CT molecular complexity index is 725. The molecule has 0 saturated carbocycles. The van der Waals surface area contributed by atoms with Crippen LogP contribution in [-0.4, -0.2) is 33.4 Å². The van der Waals surface area contributed by atoms with Gasteiger partial charge < -0.3 is 10.6 Å². The summed E-state index contributed by atoms with van der Waals surface area (Å²) in [5.41, 5.74) is 5.51. The van der Waals surface area contributed by atoms with Crippen molar-refractivity contribution >= 4 is 63.1 Å². The van der Waals surface area contributed by atoms with E-state index in [4.69, 9.17) is 12.2 Å². The number of nitrogens with zero attached hydrogens (tertiary/aromatic N) is 1. The van der Waals surface area contributed by atoms with Crippen LogP contribution in [0.25, 0.3) is 0 Å². The number of carbonyl (C=O) groups is 2. The number of nitrogens with one attached hydrogen (secondary N) is 4. The molecule has 1 aromatic carbocycles. The van der Waals surface area contributed by atoms with E-state index in [0.717, 1.165) is 11.8 Å². The third-order valence-corrected chi connectivity index (χ3v) is 4.39. The number of thiocarbonyl (C=S) groups is 1. The molecule has 0 atom stereocenters. The monoisotopic (exact) mass is 399 g/mol.